The van der Waals surface area contributed by atoms with Crippen molar-refractivity contribution in [2.75, 3.05) is 31.5 Å². The van der Waals surface area contributed by atoms with Gasteiger partial charge >= 0.3 is 6.17 Å². The lowest BCUT2D eigenvalue weighted by Gasteiger charge is -2.33. The Morgan fingerprint density at radius 2 is 2.10 bits per heavy atom. The molecule has 0 unspecified atom stereocenters. The number of amides is 1. The van der Waals surface area contributed by atoms with Crippen LogP contribution in [-0.4, -0.2) is 65.2 Å². The fraction of sp³-hybridized carbons (Fsp3) is 0.476. The van der Waals surface area contributed by atoms with E-state index >= 15 is 0 Å². The number of alkyl halides is 1. The number of carbonyl (C=O) groups is 1. The number of benzene rings is 1. The summed E-state index contributed by atoms with van der Waals surface area (Å²) in [6, 6.07) is 7.02. The van der Waals surface area contributed by atoms with Crippen molar-refractivity contribution in [1.29, 1.82) is 0 Å². The smallest absolute Gasteiger partial charge is 0.352 e. The maximum Gasteiger partial charge on any atom is 0.352 e. The minimum absolute atomic E-state index is 0.0634. The monoisotopic (exact) mass is 400 g/mol. The molecule has 2 aliphatic rings. The van der Waals surface area contributed by atoms with Crippen LogP contribution in [0, 0.1) is 12.4 Å². The van der Waals surface area contributed by atoms with Crippen LogP contribution < -0.4 is 5.32 Å². The van der Waals surface area contributed by atoms with E-state index in [0.717, 1.165) is 37.0 Å². The van der Waals surface area contributed by atoms with Crippen LogP contribution in [0.2, 0.25) is 0 Å². The second kappa shape index (κ2) is 8.29. The van der Waals surface area contributed by atoms with Gasteiger partial charge in [0, 0.05) is 36.4 Å². The summed E-state index contributed by atoms with van der Waals surface area (Å²) in [6.45, 7) is 7.12. The molecule has 6 nitrogen and oxygen atoms in total. The molecule has 2 saturated heterocycles. The zero-order chi connectivity index (χ0) is 20.4. The highest BCUT2D eigenvalue weighted by molar-refractivity contribution is 5.91. The van der Waals surface area contributed by atoms with E-state index in [4.69, 9.17) is 6.57 Å². The molecule has 3 heterocycles. The molecule has 1 N–H and O–H groups in total. The van der Waals surface area contributed by atoms with Crippen LogP contribution in [0.25, 0.3) is 15.7 Å². The van der Waals surface area contributed by atoms with E-state index in [1.807, 2.05) is 12.1 Å². The maximum absolute atomic E-state index is 14.0. The fourth-order valence-electron chi connectivity index (χ4n) is 4.18. The topological polar surface area (TPSA) is 52.8 Å². The number of carbonyl (C=O) groups excluding carboxylic acids is 1. The van der Waals surface area contributed by atoms with E-state index in [0.29, 0.717) is 5.52 Å². The second-order valence-electron chi connectivity index (χ2n) is 7.70. The number of halogens is 2. The summed E-state index contributed by atoms with van der Waals surface area (Å²) in [5.41, 5.74) is 1.22. The van der Waals surface area contributed by atoms with E-state index in [2.05, 4.69) is 20.0 Å². The number of nitrogens with zero attached hydrogens (tertiary/aromatic N) is 4. The molecule has 2 atom stereocenters. The van der Waals surface area contributed by atoms with E-state index < -0.39 is 12.3 Å². The maximum atomic E-state index is 14.0. The number of fused-ring (bicyclic) bond motifs is 1. The van der Waals surface area contributed by atoms with Crippen molar-refractivity contribution >= 4 is 22.5 Å². The zero-order valence-corrected chi connectivity index (χ0v) is 16.1. The van der Waals surface area contributed by atoms with Gasteiger partial charge in [-0.15, -0.1) is 0 Å². The SMILES string of the molecule is C#[N+][C@@H]1C[C@H](F)CN1C(=O)CN1CCC(Nc2ccnc3c(F)cccc23)CC1. The number of hydrogen-bond donors (Lipinski definition) is 1. The highest BCUT2D eigenvalue weighted by Crippen LogP contribution is 2.26. The van der Waals surface area contributed by atoms with Gasteiger partial charge in [-0.3, -0.25) is 19.6 Å². The third-order valence-corrected chi connectivity index (χ3v) is 5.74. The van der Waals surface area contributed by atoms with Gasteiger partial charge in [-0.25, -0.2) is 8.78 Å². The summed E-state index contributed by atoms with van der Waals surface area (Å²) in [5, 5.41) is 4.25. The molecule has 1 aromatic heterocycles. The molecule has 4 rings (SSSR count). The van der Waals surface area contributed by atoms with Gasteiger partial charge in [0.25, 0.3) is 6.57 Å². The van der Waals surface area contributed by atoms with E-state index in [1.165, 1.54) is 11.0 Å². The van der Waals surface area contributed by atoms with Crippen molar-refractivity contribution in [2.24, 2.45) is 0 Å². The van der Waals surface area contributed by atoms with Crippen LogP contribution in [0.3, 0.4) is 0 Å². The van der Waals surface area contributed by atoms with Crippen molar-refractivity contribution in [3.8, 4) is 6.57 Å². The van der Waals surface area contributed by atoms with Gasteiger partial charge in [-0.05, 0) is 25.0 Å². The van der Waals surface area contributed by atoms with Gasteiger partial charge in [-0.1, -0.05) is 17.0 Å². The van der Waals surface area contributed by atoms with Gasteiger partial charge in [0.2, 0.25) is 5.91 Å². The Labute approximate surface area is 168 Å². The minimum Gasteiger partial charge on any atom is -0.382 e. The third kappa shape index (κ3) is 4.15. The van der Waals surface area contributed by atoms with Crippen LogP contribution in [0.4, 0.5) is 14.5 Å². The van der Waals surface area contributed by atoms with E-state index in [1.54, 1.807) is 12.3 Å². The minimum atomic E-state index is -1.06. The largest absolute Gasteiger partial charge is 0.382 e. The van der Waals surface area contributed by atoms with Gasteiger partial charge in [0.15, 0.2) is 0 Å². The van der Waals surface area contributed by atoms with Crippen molar-refractivity contribution < 1.29 is 13.6 Å². The molecular weight excluding hydrogens is 376 g/mol. The van der Waals surface area contributed by atoms with E-state index in [9.17, 15) is 13.6 Å². The molecule has 8 heteroatoms. The highest BCUT2D eigenvalue weighted by Gasteiger charge is 2.42. The first-order valence-corrected chi connectivity index (χ1v) is 9.91. The van der Waals surface area contributed by atoms with Gasteiger partial charge in [-0.2, -0.15) is 0 Å². The standard InChI is InChI=1S/C21H24F2N5O/c1-24-19-11-14(22)12-28(19)20(29)13-27-9-6-15(7-10-27)26-18-5-8-25-21-16(18)3-2-4-17(21)23/h1-5,8,14-15,19H,6-7,9-13H2,(H,25,26)/q+1/t14-,19-/m0/s1. The van der Waals surface area contributed by atoms with Crippen LogP contribution in [0.1, 0.15) is 19.3 Å². The predicted octanol–water partition coefficient (Wildman–Crippen LogP) is 3.11. The first-order valence-electron chi connectivity index (χ1n) is 9.91. The Hall–Kier alpha value is -2.79. The first-order chi connectivity index (χ1) is 14.0. The van der Waals surface area contributed by atoms with Crippen molar-refractivity contribution in [1.82, 2.24) is 14.8 Å². The molecule has 152 valence electrons. The molecule has 1 amide bonds. The third-order valence-electron chi connectivity index (χ3n) is 5.74. The summed E-state index contributed by atoms with van der Waals surface area (Å²) in [7, 11) is 0. The molecule has 0 aliphatic carbocycles. The number of aromatic nitrogens is 1. The van der Waals surface area contributed by atoms with Crippen molar-refractivity contribution in [3.63, 3.8) is 0 Å². The average molecular weight is 400 g/mol. The lowest BCUT2D eigenvalue weighted by atomic mass is 10.0. The van der Waals surface area contributed by atoms with E-state index in [-0.39, 0.29) is 37.3 Å². The summed E-state index contributed by atoms with van der Waals surface area (Å²) in [5.74, 6) is -0.467. The summed E-state index contributed by atoms with van der Waals surface area (Å²) < 4.78 is 27.5. The summed E-state index contributed by atoms with van der Waals surface area (Å²) in [6.07, 6.45) is 1.86. The van der Waals surface area contributed by atoms with Crippen LogP contribution in [-0.2, 0) is 4.79 Å². The molecule has 2 fully saturated rings. The van der Waals surface area contributed by atoms with Crippen LogP contribution in [0.15, 0.2) is 30.5 Å². The quantitative estimate of drug-likeness (QED) is 0.857. The Kier molecular flexibility index (Phi) is 5.58. The first kappa shape index (κ1) is 19.5. The Morgan fingerprint density at radius 1 is 1.31 bits per heavy atom. The number of para-hydroxylation sites is 1. The van der Waals surface area contributed by atoms with Crippen molar-refractivity contribution in [2.45, 2.75) is 37.6 Å². The summed E-state index contributed by atoms with van der Waals surface area (Å²) in [4.78, 5) is 23.8. The molecule has 0 radical (unpaired) electrons. The van der Waals surface area contributed by atoms with Gasteiger partial charge in [0.1, 0.15) is 17.5 Å². The van der Waals surface area contributed by atoms with Crippen LogP contribution in [0.5, 0.6) is 0 Å². The molecular formula is C21H24F2N5O+. The molecule has 29 heavy (non-hydrogen) atoms. The Bertz CT molecular complexity index is 938. The number of piperidine rings is 1. The normalized spacial score (nSPS) is 23.3. The lowest BCUT2D eigenvalue weighted by Crippen LogP contribution is -2.46. The molecule has 1 aromatic carbocycles. The molecule has 2 aromatic rings. The van der Waals surface area contributed by atoms with Crippen molar-refractivity contribution in [3.05, 3.63) is 41.1 Å². The van der Waals surface area contributed by atoms with Gasteiger partial charge in [0.05, 0.1) is 19.5 Å². The second-order valence-corrected chi connectivity index (χ2v) is 7.70. The molecule has 2 aliphatic heterocycles. The zero-order valence-electron chi connectivity index (χ0n) is 16.1. The van der Waals surface area contributed by atoms with Gasteiger partial charge < -0.3 is 5.32 Å². The highest BCUT2D eigenvalue weighted by atomic mass is 19.1. The Morgan fingerprint density at radius 3 is 2.86 bits per heavy atom. The molecule has 0 bridgehead atoms. The fourth-order valence-corrected chi connectivity index (χ4v) is 4.18. The predicted molar refractivity (Wildman–Crippen MR) is 108 cm³/mol. The molecule has 0 spiro atoms. The number of rotatable bonds is 4. The number of hydrogen-bond acceptors (Lipinski definition) is 4. The van der Waals surface area contributed by atoms with Crippen LogP contribution >= 0.6 is 0 Å². The molecule has 0 saturated carbocycles. The average Bonchev–Trinajstić information content (AvgIpc) is 3.11. The number of nitrogens with one attached hydrogen (secondary N) is 1. The summed E-state index contributed by atoms with van der Waals surface area (Å²) >= 11 is 0. The number of anilines is 1. The number of pyridine rings is 1. The number of likely N-dealkylation sites (tertiary alicyclic amines) is 2. The lowest BCUT2D eigenvalue weighted by molar-refractivity contribution is -0.133. The Balaban J connectivity index is 1.33.